The van der Waals surface area contributed by atoms with E-state index in [9.17, 15) is 8.42 Å². The minimum absolute atomic E-state index is 0.133. The normalized spacial score (nSPS) is 18.7. The minimum Gasteiger partial charge on any atom is -0.288 e. The van der Waals surface area contributed by atoms with Gasteiger partial charge >= 0.3 is 0 Å². The molecule has 5 nitrogen and oxygen atoms in total. The summed E-state index contributed by atoms with van der Waals surface area (Å²) in [5, 5.41) is 1.76. The van der Waals surface area contributed by atoms with E-state index < -0.39 is 10.0 Å². The minimum atomic E-state index is -3.66. The summed E-state index contributed by atoms with van der Waals surface area (Å²) in [6, 6.07) is 6.72. The maximum atomic E-state index is 12.0. The van der Waals surface area contributed by atoms with E-state index in [2.05, 4.69) is 9.82 Å². The zero-order valence-electron chi connectivity index (χ0n) is 11.4. The number of allylic oxidation sites excluding steroid dienone is 2. The van der Waals surface area contributed by atoms with Crippen LogP contribution < -0.4 is 5.43 Å². The van der Waals surface area contributed by atoms with Crippen LogP contribution in [0.15, 0.2) is 58.0 Å². The van der Waals surface area contributed by atoms with Crippen molar-refractivity contribution in [2.24, 2.45) is 4.40 Å². The van der Waals surface area contributed by atoms with Gasteiger partial charge in [0.2, 0.25) is 0 Å². The number of nitrogens with one attached hydrogen (secondary N) is 1. The van der Waals surface area contributed by atoms with E-state index in [1.807, 2.05) is 38.3 Å². The largest absolute Gasteiger partial charge is 0.288 e. The molecule has 1 heterocycles. The Kier molecular flexibility index (Phi) is 4.24. The molecule has 0 amide bonds. The molecule has 0 spiro atoms. The van der Waals surface area contributed by atoms with Crippen molar-refractivity contribution < 1.29 is 8.42 Å². The molecule has 1 aliphatic heterocycles. The lowest BCUT2D eigenvalue weighted by molar-refractivity contribution is 0.296. The molecule has 20 heavy (non-hydrogen) atoms. The lowest BCUT2D eigenvalue weighted by Gasteiger charge is -2.26. The fourth-order valence-corrected chi connectivity index (χ4v) is 2.47. The molecular formula is C14H17N3O2S. The summed E-state index contributed by atoms with van der Waals surface area (Å²) in [4.78, 5) is 0.184. The molecule has 0 radical (unpaired) electrons. The molecule has 0 bridgehead atoms. The van der Waals surface area contributed by atoms with E-state index >= 15 is 0 Å². The average Bonchev–Trinajstić information content (AvgIpc) is 2.41. The van der Waals surface area contributed by atoms with Crippen molar-refractivity contribution in [2.75, 3.05) is 0 Å². The summed E-state index contributed by atoms with van der Waals surface area (Å²) in [5.74, 6) is 0. The highest BCUT2D eigenvalue weighted by molar-refractivity contribution is 7.90. The predicted molar refractivity (Wildman–Crippen MR) is 79.6 cm³/mol. The molecule has 0 saturated carbocycles. The second kappa shape index (κ2) is 5.92. The number of aryl methyl sites for hydroxylation is 1. The second-order valence-corrected chi connectivity index (χ2v) is 6.16. The van der Waals surface area contributed by atoms with Crippen LogP contribution in [0.5, 0.6) is 0 Å². The Bertz CT molecular complexity index is 646. The van der Waals surface area contributed by atoms with Gasteiger partial charge in [-0.3, -0.25) is 10.4 Å². The monoisotopic (exact) mass is 291 g/mol. The first-order valence-corrected chi connectivity index (χ1v) is 7.68. The molecule has 6 heteroatoms. The fourth-order valence-electron chi connectivity index (χ4n) is 1.69. The first kappa shape index (κ1) is 14.3. The third kappa shape index (κ3) is 3.48. The summed E-state index contributed by atoms with van der Waals surface area (Å²) in [7, 11) is -3.66. The Morgan fingerprint density at radius 2 is 1.95 bits per heavy atom. The van der Waals surface area contributed by atoms with E-state index in [1.165, 1.54) is 6.34 Å². The molecule has 2 rings (SSSR count). The summed E-state index contributed by atoms with van der Waals surface area (Å²) in [6.45, 7) is 3.88. The van der Waals surface area contributed by atoms with Crippen LogP contribution in [0.1, 0.15) is 12.5 Å². The number of nitrogens with zero attached hydrogens (tertiary/aromatic N) is 2. The molecule has 0 aromatic heterocycles. The molecule has 0 fully saturated rings. The zero-order chi connectivity index (χ0) is 14.6. The third-order valence-electron chi connectivity index (χ3n) is 2.90. The number of sulfonamides is 1. The van der Waals surface area contributed by atoms with Crippen molar-refractivity contribution in [3.63, 3.8) is 0 Å². The quantitative estimate of drug-likeness (QED) is 0.681. The van der Waals surface area contributed by atoms with Gasteiger partial charge in [0.1, 0.15) is 6.34 Å². The van der Waals surface area contributed by atoms with Crippen LogP contribution in [0.4, 0.5) is 0 Å². The molecule has 1 unspecified atom stereocenters. The van der Waals surface area contributed by atoms with Crippen molar-refractivity contribution in [3.8, 4) is 0 Å². The smallest absolute Gasteiger partial charge is 0.283 e. The van der Waals surface area contributed by atoms with E-state index in [0.717, 1.165) is 5.56 Å². The average molecular weight is 291 g/mol. The Hall–Kier alpha value is -2.08. The lowest BCUT2D eigenvalue weighted by atomic mass is 10.2. The number of hydrogen-bond donors (Lipinski definition) is 1. The van der Waals surface area contributed by atoms with E-state index in [4.69, 9.17) is 0 Å². The molecule has 106 valence electrons. The van der Waals surface area contributed by atoms with Gasteiger partial charge in [-0.2, -0.15) is 8.42 Å². The highest BCUT2D eigenvalue weighted by atomic mass is 32.2. The van der Waals surface area contributed by atoms with Crippen molar-refractivity contribution in [2.45, 2.75) is 24.8 Å². The molecule has 1 N–H and O–H groups in total. The van der Waals surface area contributed by atoms with Crippen LogP contribution in [-0.4, -0.2) is 25.8 Å². The Morgan fingerprint density at radius 3 is 2.60 bits per heavy atom. The van der Waals surface area contributed by atoms with Gasteiger partial charge < -0.3 is 0 Å². The van der Waals surface area contributed by atoms with Crippen molar-refractivity contribution in [1.29, 1.82) is 0 Å². The predicted octanol–water partition coefficient (Wildman–Crippen LogP) is 1.99. The van der Waals surface area contributed by atoms with Crippen LogP contribution in [0, 0.1) is 6.92 Å². The number of benzene rings is 1. The van der Waals surface area contributed by atoms with Gasteiger partial charge in [0.25, 0.3) is 10.0 Å². The van der Waals surface area contributed by atoms with Crippen molar-refractivity contribution in [1.82, 2.24) is 10.4 Å². The highest BCUT2D eigenvalue weighted by Gasteiger charge is 2.12. The van der Waals surface area contributed by atoms with Gasteiger partial charge in [-0.05, 0) is 32.1 Å². The summed E-state index contributed by atoms with van der Waals surface area (Å²) < 4.78 is 27.6. The topological polar surface area (TPSA) is 61.8 Å². The van der Waals surface area contributed by atoms with Gasteiger partial charge in [0, 0.05) is 6.20 Å². The van der Waals surface area contributed by atoms with Crippen LogP contribution in [0.2, 0.25) is 0 Å². The van der Waals surface area contributed by atoms with Crippen LogP contribution >= 0.6 is 0 Å². The first-order valence-electron chi connectivity index (χ1n) is 6.24. The van der Waals surface area contributed by atoms with Crippen LogP contribution in [0.3, 0.4) is 0 Å². The molecule has 1 aliphatic rings. The maximum absolute atomic E-state index is 12.0. The van der Waals surface area contributed by atoms with Gasteiger partial charge in [0.15, 0.2) is 0 Å². The lowest BCUT2D eigenvalue weighted by Crippen LogP contribution is -2.39. The summed E-state index contributed by atoms with van der Waals surface area (Å²) in [6.07, 6.45) is 8.78. The van der Waals surface area contributed by atoms with E-state index in [-0.39, 0.29) is 10.9 Å². The first-order chi connectivity index (χ1) is 9.49. The van der Waals surface area contributed by atoms with Crippen molar-refractivity contribution >= 4 is 16.4 Å². The number of rotatable bonds is 4. The zero-order valence-corrected chi connectivity index (χ0v) is 12.2. The van der Waals surface area contributed by atoms with Gasteiger partial charge in [0.05, 0.1) is 10.9 Å². The van der Waals surface area contributed by atoms with Gasteiger partial charge in [-0.15, -0.1) is 4.40 Å². The number of hydrazine groups is 1. The Balaban J connectivity index is 2.05. The SMILES string of the molecule is Cc1ccc(S(=O)(=O)/N=C/NN2C=CC=CC2C)cc1. The standard InChI is InChI=1S/C14H17N3O2S/c1-12-6-8-14(9-7-12)20(18,19)16-11-15-17-10-4-3-5-13(17)2/h3-11,13H,1-2H3,(H,15,16). The molecule has 0 aliphatic carbocycles. The summed E-state index contributed by atoms with van der Waals surface area (Å²) in [5.41, 5.74) is 3.84. The van der Waals surface area contributed by atoms with E-state index in [0.29, 0.717) is 0 Å². The Morgan fingerprint density at radius 1 is 1.25 bits per heavy atom. The van der Waals surface area contributed by atoms with Gasteiger partial charge in [-0.1, -0.05) is 29.8 Å². The molecular weight excluding hydrogens is 274 g/mol. The number of hydrogen-bond acceptors (Lipinski definition) is 3. The molecule has 0 saturated heterocycles. The summed E-state index contributed by atoms with van der Waals surface area (Å²) >= 11 is 0. The van der Waals surface area contributed by atoms with Crippen molar-refractivity contribution in [3.05, 3.63) is 54.3 Å². The fraction of sp³-hybridized carbons (Fsp3) is 0.214. The third-order valence-corrected chi connectivity index (χ3v) is 4.15. The van der Waals surface area contributed by atoms with Crippen LogP contribution in [-0.2, 0) is 10.0 Å². The molecule has 1 atom stereocenters. The second-order valence-electron chi connectivity index (χ2n) is 4.53. The molecule has 1 aromatic carbocycles. The highest BCUT2D eigenvalue weighted by Crippen LogP contribution is 2.12. The van der Waals surface area contributed by atoms with E-state index in [1.54, 1.807) is 29.3 Å². The molecule has 1 aromatic rings. The van der Waals surface area contributed by atoms with Gasteiger partial charge in [-0.25, -0.2) is 0 Å². The van der Waals surface area contributed by atoms with Crippen LogP contribution in [0.25, 0.3) is 0 Å². The Labute approximate surface area is 119 Å². The maximum Gasteiger partial charge on any atom is 0.283 e.